The Morgan fingerprint density at radius 1 is 1.29 bits per heavy atom. The summed E-state index contributed by atoms with van der Waals surface area (Å²) < 4.78 is 0. The highest BCUT2D eigenvalue weighted by Crippen LogP contribution is 2.21. The summed E-state index contributed by atoms with van der Waals surface area (Å²) in [6.07, 6.45) is 4.62. The molecule has 0 aliphatic heterocycles. The molecule has 0 aliphatic carbocycles. The lowest BCUT2D eigenvalue weighted by molar-refractivity contribution is -0.385. The zero-order valence-corrected chi connectivity index (χ0v) is 9.15. The van der Waals surface area contributed by atoms with Gasteiger partial charge in [-0.05, 0) is 18.2 Å². The average molecular weight is 230 g/mol. The lowest BCUT2D eigenvalue weighted by atomic mass is 10.3. The summed E-state index contributed by atoms with van der Waals surface area (Å²) in [5.41, 5.74) is 0.849. The maximum Gasteiger partial charge on any atom is 0.287 e. The quantitative estimate of drug-likeness (QED) is 0.596. The van der Waals surface area contributed by atoms with Crippen molar-refractivity contribution < 1.29 is 4.92 Å². The van der Waals surface area contributed by atoms with Crippen molar-refractivity contribution in [3.63, 3.8) is 0 Å². The molecule has 2 aromatic heterocycles. The van der Waals surface area contributed by atoms with Crippen LogP contribution >= 0.6 is 0 Å². The Morgan fingerprint density at radius 2 is 2.12 bits per heavy atom. The van der Waals surface area contributed by atoms with Crippen LogP contribution in [-0.2, 0) is 0 Å². The zero-order valence-electron chi connectivity index (χ0n) is 9.15. The Kier molecular flexibility index (Phi) is 2.95. The van der Waals surface area contributed by atoms with Gasteiger partial charge >= 0.3 is 0 Å². The van der Waals surface area contributed by atoms with Crippen molar-refractivity contribution in [3.05, 3.63) is 53.0 Å². The third kappa shape index (κ3) is 2.36. The van der Waals surface area contributed by atoms with Crippen molar-refractivity contribution in [1.82, 2.24) is 9.97 Å². The molecule has 6 nitrogen and oxygen atoms in total. The van der Waals surface area contributed by atoms with E-state index in [1.165, 1.54) is 12.3 Å². The van der Waals surface area contributed by atoms with E-state index in [0.717, 1.165) is 5.69 Å². The van der Waals surface area contributed by atoms with Gasteiger partial charge < -0.3 is 4.90 Å². The summed E-state index contributed by atoms with van der Waals surface area (Å²) >= 11 is 0. The summed E-state index contributed by atoms with van der Waals surface area (Å²) in [6, 6.07) is 6.73. The number of anilines is 2. The molecule has 0 bridgehead atoms. The van der Waals surface area contributed by atoms with Crippen LogP contribution in [0.25, 0.3) is 0 Å². The van der Waals surface area contributed by atoms with E-state index in [2.05, 4.69) is 9.97 Å². The molecule has 0 saturated carbocycles. The van der Waals surface area contributed by atoms with E-state index >= 15 is 0 Å². The molecule has 2 aromatic rings. The van der Waals surface area contributed by atoms with Crippen molar-refractivity contribution in [1.29, 1.82) is 0 Å². The SMILES string of the molecule is CN(c1cccnc1)c1ccc([N+](=O)[O-])cn1. The Bertz CT molecular complexity index is 513. The number of hydrogen-bond acceptors (Lipinski definition) is 5. The van der Waals surface area contributed by atoms with Gasteiger partial charge in [0.05, 0.1) is 16.8 Å². The van der Waals surface area contributed by atoms with Gasteiger partial charge in [0.2, 0.25) is 0 Å². The molecule has 0 saturated heterocycles. The Labute approximate surface area is 97.7 Å². The van der Waals surface area contributed by atoms with Crippen molar-refractivity contribution >= 4 is 17.2 Å². The van der Waals surface area contributed by atoms with Crippen LogP contribution < -0.4 is 4.90 Å². The average Bonchev–Trinajstić information content (AvgIpc) is 2.39. The van der Waals surface area contributed by atoms with Crippen molar-refractivity contribution in [2.75, 3.05) is 11.9 Å². The number of aromatic nitrogens is 2. The smallest absolute Gasteiger partial charge is 0.287 e. The van der Waals surface area contributed by atoms with E-state index in [1.807, 2.05) is 19.2 Å². The molecule has 17 heavy (non-hydrogen) atoms. The largest absolute Gasteiger partial charge is 0.328 e. The first-order valence-corrected chi connectivity index (χ1v) is 4.92. The van der Waals surface area contributed by atoms with Crippen LogP contribution in [0.15, 0.2) is 42.9 Å². The summed E-state index contributed by atoms with van der Waals surface area (Å²) in [5, 5.41) is 10.5. The molecule has 0 aliphatic rings. The van der Waals surface area contributed by atoms with Crippen LogP contribution in [-0.4, -0.2) is 21.9 Å². The van der Waals surface area contributed by atoms with Crippen LogP contribution in [0.1, 0.15) is 0 Å². The van der Waals surface area contributed by atoms with Crippen LogP contribution in [0.4, 0.5) is 17.2 Å². The van der Waals surface area contributed by atoms with Gasteiger partial charge in [0.1, 0.15) is 12.0 Å². The van der Waals surface area contributed by atoms with Crippen molar-refractivity contribution in [3.8, 4) is 0 Å². The standard InChI is InChI=1S/C11H10N4O2/c1-14(9-3-2-6-12-7-9)11-5-4-10(8-13-11)15(16)17/h2-8H,1H3. The van der Waals surface area contributed by atoms with Gasteiger partial charge in [-0.25, -0.2) is 4.98 Å². The van der Waals surface area contributed by atoms with Crippen LogP contribution in [0.2, 0.25) is 0 Å². The molecule has 0 spiro atoms. The lowest BCUT2D eigenvalue weighted by Gasteiger charge is -2.17. The Balaban J connectivity index is 2.26. The Morgan fingerprint density at radius 3 is 2.65 bits per heavy atom. The second kappa shape index (κ2) is 4.56. The number of pyridine rings is 2. The molecule has 0 N–H and O–H groups in total. The van der Waals surface area contributed by atoms with Gasteiger partial charge in [-0.15, -0.1) is 0 Å². The van der Waals surface area contributed by atoms with Gasteiger partial charge in [-0.3, -0.25) is 15.1 Å². The summed E-state index contributed by atoms with van der Waals surface area (Å²) in [6.45, 7) is 0. The van der Waals surface area contributed by atoms with E-state index in [0.29, 0.717) is 5.82 Å². The third-order valence-corrected chi connectivity index (χ3v) is 2.32. The van der Waals surface area contributed by atoms with Gasteiger partial charge in [-0.1, -0.05) is 0 Å². The lowest BCUT2D eigenvalue weighted by Crippen LogP contribution is -2.11. The normalized spacial score (nSPS) is 9.94. The van der Waals surface area contributed by atoms with E-state index < -0.39 is 4.92 Å². The highest BCUT2D eigenvalue weighted by Gasteiger charge is 2.09. The molecule has 0 unspecified atom stereocenters. The fourth-order valence-corrected chi connectivity index (χ4v) is 1.37. The topological polar surface area (TPSA) is 72.2 Å². The first-order valence-electron chi connectivity index (χ1n) is 4.92. The molecule has 0 fully saturated rings. The van der Waals surface area contributed by atoms with E-state index in [1.54, 1.807) is 23.4 Å². The van der Waals surface area contributed by atoms with Crippen molar-refractivity contribution in [2.45, 2.75) is 0 Å². The van der Waals surface area contributed by atoms with Gasteiger partial charge in [0.15, 0.2) is 0 Å². The monoisotopic (exact) mass is 230 g/mol. The predicted octanol–water partition coefficient (Wildman–Crippen LogP) is 2.15. The second-order valence-corrected chi connectivity index (χ2v) is 3.40. The molecule has 2 rings (SSSR count). The summed E-state index contributed by atoms with van der Waals surface area (Å²) in [7, 11) is 1.82. The van der Waals surface area contributed by atoms with E-state index in [-0.39, 0.29) is 5.69 Å². The molecule has 6 heteroatoms. The van der Waals surface area contributed by atoms with Gasteiger partial charge in [0.25, 0.3) is 5.69 Å². The molecule has 0 radical (unpaired) electrons. The number of nitro groups is 1. The molecular formula is C11H10N4O2. The number of rotatable bonds is 3. The molecule has 86 valence electrons. The maximum atomic E-state index is 10.5. The summed E-state index contributed by atoms with van der Waals surface area (Å²) in [4.78, 5) is 19.9. The second-order valence-electron chi connectivity index (χ2n) is 3.40. The molecule has 0 amide bonds. The molecule has 0 atom stereocenters. The van der Waals surface area contributed by atoms with Gasteiger partial charge in [0, 0.05) is 19.3 Å². The maximum absolute atomic E-state index is 10.5. The minimum atomic E-state index is -0.471. The number of nitrogens with zero attached hydrogens (tertiary/aromatic N) is 4. The van der Waals surface area contributed by atoms with Crippen LogP contribution in [0.5, 0.6) is 0 Å². The first-order chi connectivity index (χ1) is 8.18. The predicted molar refractivity (Wildman–Crippen MR) is 63.2 cm³/mol. The zero-order chi connectivity index (χ0) is 12.3. The summed E-state index contributed by atoms with van der Waals surface area (Å²) in [5.74, 6) is 0.628. The van der Waals surface area contributed by atoms with Crippen LogP contribution in [0.3, 0.4) is 0 Å². The van der Waals surface area contributed by atoms with Gasteiger partial charge in [-0.2, -0.15) is 0 Å². The molecule has 2 heterocycles. The first kappa shape index (κ1) is 11.0. The highest BCUT2D eigenvalue weighted by atomic mass is 16.6. The molecular weight excluding hydrogens is 220 g/mol. The van der Waals surface area contributed by atoms with E-state index in [9.17, 15) is 10.1 Å². The molecule has 0 aromatic carbocycles. The fourth-order valence-electron chi connectivity index (χ4n) is 1.37. The fraction of sp³-hybridized carbons (Fsp3) is 0.0909. The highest BCUT2D eigenvalue weighted by molar-refractivity contribution is 5.58. The number of hydrogen-bond donors (Lipinski definition) is 0. The Hall–Kier alpha value is -2.50. The van der Waals surface area contributed by atoms with Crippen LogP contribution in [0, 0.1) is 10.1 Å². The minimum absolute atomic E-state index is 0.0201. The van der Waals surface area contributed by atoms with E-state index in [4.69, 9.17) is 0 Å². The third-order valence-electron chi connectivity index (χ3n) is 2.32. The van der Waals surface area contributed by atoms with Crippen molar-refractivity contribution in [2.24, 2.45) is 0 Å². The minimum Gasteiger partial charge on any atom is -0.328 e.